The van der Waals surface area contributed by atoms with Gasteiger partial charge in [0.2, 0.25) is 0 Å². The van der Waals surface area contributed by atoms with Crippen LogP contribution < -0.4 is 5.32 Å². The highest BCUT2D eigenvalue weighted by molar-refractivity contribution is 4.63. The lowest BCUT2D eigenvalue weighted by Gasteiger charge is -2.16. The van der Waals surface area contributed by atoms with E-state index in [1.807, 2.05) is 13.8 Å². The van der Waals surface area contributed by atoms with Crippen molar-refractivity contribution < 1.29 is 5.11 Å². The van der Waals surface area contributed by atoms with Crippen molar-refractivity contribution in [3.05, 3.63) is 0 Å². The molecule has 0 aliphatic carbocycles. The van der Waals surface area contributed by atoms with E-state index >= 15 is 0 Å². The van der Waals surface area contributed by atoms with Gasteiger partial charge in [-0.3, -0.25) is 0 Å². The zero-order valence-electron chi connectivity index (χ0n) is 7.39. The van der Waals surface area contributed by atoms with Gasteiger partial charge in [0, 0.05) is 12.6 Å². The maximum Gasteiger partial charge on any atom is 0.0549 e. The second-order valence-corrected chi connectivity index (χ2v) is 3.28. The van der Waals surface area contributed by atoms with Gasteiger partial charge >= 0.3 is 0 Å². The van der Waals surface area contributed by atoms with Crippen molar-refractivity contribution in [1.29, 1.82) is 0 Å². The molecule has 0 rings (SSSR count). The molecule has 2 nitrogen and oxygen atoms in total. The van der Waals surface area contributed by atoms with Gasteiger partial charge in [-0.25, -0.2) is 0 Å². The lowest BCUT2D eigenvalue weighted by Crippen LogP contribution is -2.32. The largest absolute Gasteiger partial charge is 0.393 e. The number of aliphatic hydroxyl groups is 1. The number of rotatable bonds is 4. The molecule has 2 heteroatoms. The molecule has 0 heterocycles. The summed E-state index contributed by atoms with van der Waals surface area (Å²) in [4.78, 5) is 0. The maximum absolute atomic E-state index is 9.09. The Hall–Kier alpha value is -0.0800. The van der Waals surface area contributed by atoms with E-state index in [9.17, 15) is 0 Å². The van der Waals surface area contributed by atoms with Crippen molar-refractivity contribution in [2.75, 3.05) is 6.54 Å². The van der Waals surface area contributed by atoms with Gasteiger partial charge in [0.15, 0.2) is 0 Å². The summed E-state index contributed by atoms with van der Waals surface area (Å²) in [6, 6.07) is 0.515. The Morgan fingerprint density at radius 1 is 1.20 bits per heavy atom. The van der Waals surface area contributed by atoms with Crippen molar-refractivity contribution in [2.45, 2.75) is 39.8 Å². The second kappa shape index (κ2) is 4.69. The van der Waals surface area contributed by atoms with Crippen LogP contribution in [0, 0.1) is 5.92 Å². The zero-order valence-corrected chi connectivity index (χ0v) is 7.39. The summed E-state index contributed by atoms with van der Waals surface area (Å²) < 4.78 is 0. The van der Waals surface area contributed by atoms with Gasteiger partial charge in [-0.1, -0.05) is 20.8 Å². The third-order valence-corrected chi connectivity index (χ3v) is 1.67. The second-order valence-electron chi connectivity index (χ2n) is 3.28. The molecule has 0 radical (unpaired) electrons. The van der Waals surface area contributed by atoms with Gasteiger partial charge in [-0.2, -0.15) is 0 Å². The minimum atomic E-state index is -0.203. The first-order chi connectivity index (χ1) is 4.54. The van der Waals surface area contributed by atoms with E-state index < -0.39 is 0 Å². The molecule has 0 saturated heterocycles. The lowest BCUT2D eigenvalue weighted by atomic mass is 10.1. The molecule has 1 unspecified atom stereocenters. The third kappa shape index (κ3) is 4.77. The fourth-order valence-corrected chi connectivity index (χ4v) is 0.592. The molecular weight excluding hydrogens is 126 g/mol. The molecule has 0 aromatic heterocycles. The fraction of sp³-hybridized carbons (Fsp3) is 1.00. The molecule has 0 fully saturated rings. The molecule has 0 saturated carbocycles. The van der Waals surface area contributed by atoms with Crippen LogP contribution >= 0.6 is 0 Å². The predicted molar refractivity (Wildman–Crippen MR) is 44.0 cm³/mol. The van der Waals surface area contributed by atoms with E-state index in [0.717, 1.165) is 6.54 Å². The number of hydrogen-bond acceptors (Lipinski definition) is 2. The van der Waals surface area contributed by atoms with Gasteiger partial charge in [0.1, 0.15) is 0 Å². The Bertz CT molecular complexity index is 81.3. The van der Waals surface area contributed by atoms with Crippen molar-refractivity contribution in [3.8, 4) is 0 Å². The monoisotopic (exact) mass is 145 g/mol. The smallest absolute Gasteiger partial charge is 0.0549 e. The Labute approximate surface area is 63.6 Å². The number of aliphatic hydroxyl groups excluding tert-OH is 1. The molecule has 0 aliphatic rings. The van der Waals surface area contributed by atoms with Gasteiger partial charge in [-0.15, -0.1) is 0 Å². The van der Waals surface area contributed by atoms with Gasteiger partial charge in [0.25, 0.3) is 0 Å². The molecule has 62 valence electrons. The van der Waals surface area contributed by atoms with E-state index in [1.165, 1.54) is 0 Å². The molecule has 2 N–H and O–H groups in total. The summed E-state index contributed by atoms with van der Waals surface area (Å²) in [6.45, 7) is 8.98. The van der Waals surface area contributed by atoms with Crippen LogP contribution in [-0.4, -0.2) is 23.8 Å². The fourth-order valence-electron chi connectivity index (χ4n) is 0.592. The molecular formula is C8H19NO. The Morgan fingerprint density at radius 2 is 1.70 bits per heavy atom. The van der Waals surface area contributed by atoms with E-state index in [2.05, 4.69) is 19.2 Å². The highest BCUT2D eigenvalue weighted by Gasteiger charge is 2.07. The first-order valence-electron chi connectivity index (χ1n) is 3.95. The van der Waals surface area contributed by atoms with Crippen LogP contribution in [0.5, 0.6) is 0 Å². The minimum absolute atomic E-state index is 0.203. The van der Waals surface area contributed by atoms with Crippen molar-refractivity contribution in [3.63, 3.8) is 0 Å². The molecule has 2 atom stereocenters. The summed E-state index contributed by atoms with van der Waals surface area (Å²) in [5.41, 5.74) is 0. The molecule has 10 heavy (non-hydrogen) atoms. The Balaban J connectivity index is 3.30. The van der Waals surface area contributed by atoms with Crippen LogP contribution in [-0.2, 0) is 0 Å². The zero-order chi connectivity index (χ0) is 8.15. The standard InChI is InChI=1S/C8H19NO/c1-6(2)9-5-7(3)8(4)10/h6-10H,5H2,1-4H3/t7?,8-/m0/s1. The van der Waals surface area contributed by atoms with Crippen LogP contribution in [0.3, 0.4) is 0 Å². The van der Waals surface area contributed by atoms with Gasteiger partial charge in [-0.05, 0) is 12.8 Å². The van der Waals surface area contributed by atoms with Crippen LogP contribution in [0.1, 0.15) is 27.7 Å². The molecule has 0 aromatic rings. The minimum Gasteiger partial charge on any atom is -0.393 e. The highest BCUT2D eigenvalue weighted by atomic mass is 16.3. The van der Waals surface area contributed by atoms with Crippen molar-refractivity contribution in [1.82, 2.24) is 5.32 Å². The maximum atomic E-state index is 9.09. The first-order valence-corrected chi connectivity index (χ1v) is 3.95. The van der Waals surface area contributed by atoms with E-state index in [0.29, 0.717) is 12.0 Å². The van der Waals surface area contributed by atoms with Crippen LogP contribution in [0.4, 0.5) is 0 Å². The SMILES string of the molecule is CC(C)NCC(C)[C@H](C)O. The number of hydrogen-bond donors (Lipinski definition) is 2. The van der Waals surface area contributed by atoms with Crippen molar-refractivity contribution >= 4 is 0 Å². The highest BCUT2D eigenvalue weighted by Crippen LogP contribution is 1.99. The first kappa shape index (κ1) is 9.92. The van der Waals surface area contributed by atoms with Crippen LogP contribution in [0.25, 0.3) is 0 Å². The van der Waals surface area contributed by atoms with Crippen LogP contribution in [0.15, 0.2) is 0 Å². The predicted octanol–water partition coefficient (Wildman–Crippen LogP) is 1.00. The average molecular weight is 145 g/mol. The Kier molecular flexibility index (Phi) is 4.65. The topological polar surface area (TPSA) is 32.3 Å². The number of nitrogens with one attached hydrogen (secondary N) is 1. The molecule has 0 amide bonds. The van der Waals surface area contributed by atoms with E-state index in [-0.39, 0.29) is 6.10 Å². The normalized spacial score (nSPS) is 17.4. The van der Waals surface area contributed by atoms with E-state index in [4.69, 9.17) is 5.11 Å². The molecule has 0 aromatic carbocycles. The molecule has 0 aliphatic heterocycles. The lowest BCUT2D eigenvalue weighted by molar-refractivity contribution is 0.133. The third-order valence-electron chi connectivity index (χ3n) is 1.67. The Morgan fingerprint density at radius 3 is 2.00 bits per heavy atom. The average Bonchev–Trinajstić information content (AvgIpc) is 1.82. The van der Waals surface area contributed by atoms with Crippen molar-refractivity contribution in [2.24, 2.45) is 5.92 Å². The summed E-state index contributed by atoms with van der Waals surface area (Å²) in [5.74, 6) is 0.349. The summed E-state index contributed by atoms with van der Waals surface area (Å²) >= 11 is 0. The summed E-state index contributed by atoms with van der Waals surface area (Å²) in [5, 5.41) is 12.4. The quantitative estimate of drug-likeness (QED) is 0.618. The summed E-state index contributed by atoms with van der Waals surface area (Å²) in [7, 11) is 0. The van der Waals surface area contributed by atoms with Gasteiger partial charge < -0.3 is 10.4 Å². The van der Waals surface area contributed by atoms with E-state index in [1.54, 1.807) is 0 Å². The summed E-state index contributed by atoms with van der Waals surface area (Å²) in [6.07, 6.45) is -0.203. The molecule has 0 bridgehead atoms. The van der Waals surface area contributed by atoms with Gasteiger partial charge in [0.05, 0.1) is 6.10 Å². The van der Waals surface area contributed by atoms with Crippen LogP contribution in [0.2, 0.25) is 0 Å². The molecule has 0 spiro atoms.